The van der Waals surface area contributed by atoms with Crippen LogP contribution >= 0.6 is 0 Å². The van der Waals surface area contributed by atoms with Gasteiger partial charge < -0.3 is 41.0 Å². The summed E-state index contributed by atoms with van der Waals surface area (Å²) in [6, 6.07) is 58.2. The van der Waals surface area contributed by atoms with E-state index in [0.717, 1.165) is 66.9 Å². The monoisotopic (exact) mass is 924 g/mol. The van der Waals surface area contributed by atoms with E-state index in [1.165, 1.54) is 12.1 Å². The number of phenols is 2. The second-order valence-electron chi connectivity index (χ2n) is 15.7. The number of nitrogens with zero attached hydrogens (tertiary/aromatic N) is 4. The summed E-state index contributed by atoms with van der Waals surface area (Å²) in [4.78, 5) is 25.1. The lowest BCUT2D eigenvalue weighted by atomic mass is 10.0. The zero-order chi connectivity index (χ0) is 48.4. The summed E-state index contributed by atoms with van der Waals surface area (Å²) in [5.74, 6) is 2.64. The third kappa shape index (κ3) is 10.6. The molecule has 0 spiro atoms. The molecule has 0 saturated carbocycles. The van der Waals surface area contributed by atoms with Crippen LogP contribution in [0, 0.1) is 0 Å². The number of carbonyl (C=O) groups is 2. The fourth-order valence-electron chi connectivity index (χ4n) is 7.50. The van der Waals surface area contributed by atoms with Gasteiger partial charge in [-0.05, 0) is 146 Å². The van der Waals surface area contributed by atoms with Gasteiger partial charge in [-0.1, -0.05) is 48.5 Å². The summed E-state index contributed by atoms with van der Waals surface area (Å²) in [6.07, 6.45) is 0. The largest absolute Gasteiger partial charge is 0.508 e. The van der Waals surface area contributed by atoms with Gasteiger partial charge >= 0.3 is 0 Å². The van der Waals surface area contributed by atoms with Gasteiger partial charge in [-0.3, -0.25) is 9.59 Å². The van der Waals surface area contributed by atoms with E-state index < -0.39 is 0 Å². The smallest absolute Gasteiger partial charge is 0.255 e. The van der Waals surface area contributed by atoms with Crippen molar-refractivity contribution < 1.29 is 29.3 Å². The van der Waals surface area contributed by atoms with Gasteiger partial charge in [0.1, 0.15) is 34.4 Å². The molecule has 0 aliphatic carbocycles. The standard InChI is InChI=1S/C29H24N4O3.C27H20N4O3/c1-35-23-15-9-19(10-16-23)27-25-5-3-4-6-26(25)28(33-32-27)30-21-11-7-20(8-12-21)29(34)31-22-13-17-24(36-2)18-14-22;32-21-13-7-17(8-14-21)25-23-3-1-2-4-24(23)26(31-30-25)28-19-9-5-18(6-10-19)27(34)29-20-11-15-22(33)16-12-20/h3-18H,1-2H3,(H,30,33)(H,31,34);1-16,32-33H,(H,28,31)(H,29,34). The lowest BCUT2D eigenvalue weighted by Crippen LogP contribution is -2.11. The Morgan fingerprint density at radius 3 is 1.11 bits per heavy atom. The Kier molecular flexibility index (Phi) is 13.5. The molecule has 0 bridgehead atoms. The fourth-order valence-corrected chi connectivity index (χ4v) is 7.50. The molecule has 10 rings (SSSR count). The molecule has 14 heteroatoms. The topological polar surface area (TPSA) is 193 Å². The lowest BCUT2D eigenvalue weighted by Gasteiger charge is -2.12. The van der Waals surface area contributed by atoms with Gasteiger partial charge in [0.2, 0.25) is 0 Å². The van der Waals surface area contributed by atoms with Gasteiger partial charge in [0.25, 0.3) is 11.8 Å². The van der Waals surface area contributed by atoms with Crippen molar-refractivity contribution in [3.63, 3.8) is 0 Å². The molecule has 2 heterocycles. The molecule has 0 aliphatic rings. The van der Waals surface area contributed by atoms with Gasteiger partial charge in [0, 0.05) is 66.5 Å². The molecule has 2 aromatic heterocycles. The minimum Gasteiger partial charge on any atom is -0.508 e. The van der Waals surface area contributed by atoms with Crippen LogP contribution in [0.5, 0.6) is 23.0 Å². The number of hydrogen-bond acceptors (Lipinski definition) is 12. The highest BCUT2D eigenvalue weighted by atomic mass is 16.5. The first-order chi connectivity index (χ1) is 34.2. The molecular weight excluding hydrogens is 881 g/mol. The van der Waals surface area contributed by atoms with Crippen molar-refractivity contribution in [2.24, 2.45) is 0 Å². The third-order valence-corrected chi connectivity index (χ3v) is 11.2. The van der Waals surface area contributed by atoms with E-state index in [4.69, 9.17) is 9.47 Å². The molecular formula is C56H44N8O6. The molecule has 0 unspecified atom stereocenters. The Hall–Kier alpha value is -9.82. The molecule has 70 heavy (non-hydrogen) atoms. The SMILES string of the molecule is COc1ccc(NC(=O)c2ccc(Nc3nnc(-c4ccc(OC)cc4)c4ccccc34)cc2)cc1.O=C(Nc1ccc(O)cc1)c1ccc(Nc2nnc(-c3ccc(O)cc3)c3ccccc23)cc1. The van der Waals surface area contributed by atoms with Crippen LogP contribution in [0.3, 0.4) is 0 Å². The van der Waals surface area contributed by atoms with Crippen LogP contribution in [0.25, 0.3) is 44.1 Å². The number of rotatable bonds is 12. The molecule has 0 radical (unpaired) electrons. The molecule has 6 N–H and O–H groups in total. The van der Waals surface area contributed by atoms with E-state index in [2.05, 4.69) is 41.7 Å². The molecule has 8 aromatic carbocycles. The maximum Gasteiger partial charge on any atom is 0.255 e. The van der Waals surface area contributed by atoms with Gasteiger partial charge in [0.05, 0.1) is 14.2 Å². The predicted octanol–water partition coefficient (Wildman–Crippen LogP) is 12.0. The zero-order valence-corrected chi connectivity index (χ0v) is 37.8. The van der Waals surface area contributed by atoms with Crippen molar-refractivity contribution in [1.82, 2.24) is 20.4 Å². The summed E-state index contributed by atoms with van der Waals surface area (Å²) in [5.41, 5.74) is 7.23. The summed E-state index contributed by atoms with van der Waals surface area (Å²) in [7, 11) is 3.25. The van der Waals surface area contributed by atoms with Crippen molar-refractivity contribution in [1.29, 1.82) is 0 Å². The van der Waals surface area contributed by atoms with Crippen molar-refractivity contribution >= 4 is 67.7 Å². The minimum absolute atomic E-state index is 0.139. The number of nitrogens with one attached hydrogen (secondary N) is 4. The molecule has 10 aromatic rings. The third-order valence-electron chi connectivity index (χ3n) is 11.2. The number of aromatic hydroxyl groups is 2. The zero-order valence-electron chi connectivity index (χ0n) is 37.8. The Bertz CT molecular complexity index is 3430. The fraction of sp³-hybridized carbons (Fsp3) is 0.0357. The number of benzene rings is 8. The van der Waals surface area contributed by atoms with Crippen LogP contribution < -0.4 is 30.7 Å². The number of ether oxygens (including phenoxy) is 2. The lowest BCUT2D eigenvalue weighted by molar-refractivity contribution is 0.101. The maximum absolute atomic E-state index is 12.6. The van der Waals surface area contributed by atoms with Gasteiger partial charge in [-0.2, -0.15) is 0 Å². The highest BCUT2D eigenvalue weighted by Crippen LogP contribution is 2.34. The summed E-state index contributed by atoms with van der Waals surface area (Å²) >= 11 is 0. The Labute approximate surface area is 402 Å². The first-order valence-electron chi connectivity index (χ1n) is 22.0. The molecule has 0 fully saturated rings. The summed E-state index contributed by atoms with van der Waals surface area (Å²) < 4.78 is 10.4. The van der Waals surface area contributed by atoms with Crippen molar-refractivity contribution in [2.45, 2.75) is 0 Å². The van der Waals surface area contributed by atoms with E-state index in [-0.39, 0.29) is 23.3 Å². The van der Waals surface area contributed by atoms with E-state index in [9.17, 15) is 19.8 Å². The van der Waals surface area contributed by atoms with E-state index in [1.54, 1.807) is 111 Å². The van der Waals surface area contributed by atoms with Crippen molar-refractivity contribution in [3.8, 4) is 45.5 Å². The van der Waals surface area contributed by atoms with Crippen LogP contribution in [0.15, 0.2) is 194 Å². The second kappa shape index (κ2) is 20.8. The first kappa shape index (κ1) is 45.3. The Balaban J connectivity index is 0.000000174. The summed E-state index contributed by atoms with van der Waals surface area (Å²) in [6.45, 7) is 0. The van der Waals surface area contributed by atoms with E-state index in [1.807, 2.05) is 84.9 Å². The van der Waals surface area contributed by atoms with Crippen LogP contribution in [-0.4, -0.2) is 56.6 Å². The molecule has 2 amide bonds. The number of amides is 2. The first-order valence-corrected chi connectivity index (χ1v) is 22.0. The average molecular weight is 925 g/mol. The summed E-state index contributed by atoms with van der Waals surface area (Å²) in [5, 5.41) is 52.8. The number of carbonyl (C=O) groups excluding carboxylic acids is 2. The van der Waals surface area contributed by atoms with E-state index in [0.29, 0.717) is 34.1 Å². The Morgan fingerprint density at radius 1 is 0.386 bits per heavy atom. The van der Waals surface area contributed by atoms with Crippen molar-refractivity contribution in [2.75, 3.05) is 35.5 Å². The number of phenolic OH excluding ortho intramolecular Hbond substituents is 2. The quantitative estimate of drug-likeness (QED) is 0.0636. The number of hydrogen-bond donors (Lipinski definition) is 6. The average Bonchev–Trinajstić information content (AvgIpc) is 3.40. The normalized spacial score (nSPS) is 10.7. The van der Waals surface area contributed by atoms with Gasteiger partial charge in [-0.25, -0.2) is 0 Å². The maximum atomic E-state index is 12.6. The van der Waals surface area contributed by atoms with Crippen LogP contribution in [-0.2, 0) is 0 Å². The molecule has 0 saturated heterocycles. The number of aromatic nitrogens is 4. The number of methoxy groups -OCH3 is 2. The predicted molar refractivity (Wildman–Crippen MR) is 275 cm³/mol. The van der Waals surface area contributed by atoms with Gasteiger partial charge in [-0.15, -0.1) is 20.4 Å². The number of anilines is 6. The van der Waals surface area contributed by atoms with Crippen LogP contribution in [0.4, 0.5) is 34.4 Å². The van der Waals surface area contributed by atoms with E-state index >= 15 is 0 Å². The molecule has 14 nitrogen and oxygen atoms in total. The highest BCUT2D eigenvalue weighted by molar-refractivity contribution is 6.06. The Morgan fingerprint density at radius 2 is 0.714 bits per heavy atom. The highest BCUT2D eigenvalue weighted by Gasteiger charge is 2.15. The molecule has 0 atom stereocenters. The number of fused-ring (bicyclic) bond motifs is 2. The molecule has 344 valence electrons. The van der Waals surface area contributed by atoms with Gasteiger partial charge in [0.15, 0.2) is 11.6 Å². The van der Waals surface area contributed by atoms with Crippen LogP contribution in [0.1, 0.15) is 20.7 Å². The van der Waals surface area contributed by atoms with Crippen LogP contribution in [0.2, 0.25) is 0 Å². The van der Waals surface area contributed by atoms with Crippen molar-refractivity contribution in [3.05, 3.63) is 205 Å². The minimum atomic E-state index is -0.249. The molecule has 0 aliphatic heterocycles. The second-order valence-corrected chi connectivity index (χ2v) is 15.7.